The van der Waals surface area contributed by atoms with Crippen molar-refractivity contribution in [3.8, 4) is 0 Å². The van der Waals surface area contributed by atoms with Crippen LogP contribution in [0.4, 0.5) is 0 Å². The van der Waals surface area contributed by atoms with E-state index in [9.17, 15) is 0 Å². The molecule has 2 atom stereocenters. The number of oxime groups is 1. The minimum Gasteiger partial charge on any atom is -0.409 e. The molecule has 0 amide bonds. The summed E-state index contributed by atoms with van der Waals surface area (Å²) in [6, 6.07) is 0. The summed E-state index contributed by atoms with van der Waals surface area (Å²) in [6.45, 7) is 12.1. The SMILES string of the molecule is CC(CN1CCC(C(C)(C)C)C1)C(N)=NO. The zero-order chi connectivity index (χ0) is 12.3. The van der Waals surface area contributed by atoms with Gasteiger partial charge in [0.25, 0.3) is 0 Å². The van der Waals surface area contributed by atoms with E-state index in [1.165, 1.54) is 6.42 Å². The Labute approximate surface area is 98.5 Å². The molecule has 4 nitrogen and oxygen atoms in total. The number of likely N-dealkylation sites (tertiary alicyclic amines) is 1. The normalized spacial score (nSPS) is 26.0. The van der Waals surface area contributed by atoms with E-state index < -0.39 is 0 Å². The molecular formula is C12H25N3O. The Morgan fingerprint density at radius 1 is 1.56 bits per heavy atom. The van der Waals surface area contributed by atoms with E-state index in [1.807, 2.05) is 6.92 Å². The highest BCUT2D eigenvalue weighted by Crippen LogP contribution is 2.33. The summed E-state index contributed by atoms with van der Waals surface area (Å²) in [5.74, 6) is 1.22. The molecule has 0 bridgehead atoms. The van der Waals surface area contributed by atoms with Crippen LogP contribution in [0.2, 0.25) is 0 Å². The van der Waals surface area contributed by atoms with Crippen LogP contribution in [-0.2, 0) is 0 Å². The van der Waals surface area contributed by atoms with Crippen molar-refractivity contribution >= 4 is 5.84 Å². The van der Waals surface area contributed by atoms with Crippen LogP contribution in [0.1, 0.15) is 34.1 Å². The van der Waals surface area contributed by atoms with Gasteiger partial charge in [0.15, 0.2) is 0 Å². The number of hydrogen-bond donors (Lipinski definition) is 2. The number of amidine groups is 1. The maximum Gasteiger partial charge on any atom is 0.143 e. The van der Waals surface area contributed by atoms with Gasteiger partial charge < -0.3 is 15.8 Å². The van der Waals surface area contributed by atoms with Crippen LogP contribution in [-0.4, -0.2) is 35.6 Å². The fourth-order valence-corrected chi connectivity index (χ4v) is 2.28. The molecular weight excluding hydrogens is 202 g/mol. The lowest BCUT2D eigenvalue weighted by Crippen LogP contribution is -2.34. The van der Waals surface area contributed by atoms with Crippen molar-refractivity contribution in [3.63, 3.8) is 0 Å². The molecule has 0 aromatic heterocycles. The predicted molar refractivity (Wildman–Crippen MR) is 66.6 cm³/mol. The third kappa shape index (κ3) is 3.37. The van der Waals surface area contributed by atoms with Crippen LogP contribution >= 0.6 is 0 Å². The number of hydrogen-bond acceptors (Lipinski definition) is 3. The lowest BCUT2D eigenvalue weighted by Gasteiger charge is -2.27. The highest BCUT2D eigenvalue weighted by molar-refractivity contribution is 5.82. The molecule has 1 saturated heterocycles. The Balaban J connectivity index is 2.43. The molecule has 1 aliphatic heterocycles. The van der Waals surface area contributed by atoms with Crippen LogP contribution in [0.25, 0.3) is 0 Å². The van der Waals surface area contributed by atoms with Gasteiger partial charge in [-0.2, -0.15) is 0 Å². The minimum atomic E-state index is 0.128. The Bertz CT molecular complexity index is 257. The summed E-state index contributed by atoms with van der Waals surface area (Å²) in [7, 11) is 0. The quantitative estimate of drug-likeness (QED) is 0.334. The van der Waals surface area contributed by atoms with Gasteiger partial charge in [0.1, 0.15) is 5.84 Å². The Kier molecular flexibility index (Phi) is 4.19. The van der Waals surface area contributed by atoms with Gasteiger partial charge in [-0.05, 0) is 24.3 Å². The third-order valence-corrected chi connectivity index (χ3v) is 3.65. The fraction of sp³-hybridized carbons (Fsp3) is 0.917. The largest absolute Gasteiger partial charge is 0.409 e. The van der Waals surface area contributed by atoms with Crippen molar-refractivity contribution in [2.24, 2.45) is 28.1 Å². The molecule has 2 unspecified atom stereocenters. The number of nitrogens with zero attached hydrogens (tertiary/aromatic N) is 2. The average molecular weight is 227 g/mol. The Morgan fingerprint density at radius 3 is 2.62 bits per heavy atom. The molecule has 0 aliphatic carbocycles. The van der Waals surface area contributed by atoms with E-state index in [0.717, 1.165) is 25.6 Å². The molecule has 0 spiro atoms. The third-order valence-electron chi connectivity index (χ3n) is 3.65. The average Bonchev–Trinajstić information content (AvgIpc) is 2.64. The highest BCUT2D eigenvalue weighted by atomic mass is 16.4. The lowest BCUT2D eigenvalue weighted by molar-refractivity contribution is 0.223. The predicted octanol–water partition coefficient (Wildman–Crippen LogP) is 1.74. The molecule has 16 heavy (non-hydrogen) atoms. The van der Waals surface area contributed by atoms with Gasteiger partial charge in [-0.3, -0.25) is 0 Å². The van der Waals surface area contributed by atoms with Crippen molar-refractivity contribution in [1.82, 2.24) is 4.90 Å². The van der Waals surface area contributed by atoms with Gasteiger partial charge in [0, 0.05) is 19.0 Å². The van der Waals surface area contributed by atoms with Gasteiger partial charge in [-0.25, -0.2) is 0 Å². The minimum absolute atomic E-state index is 0.128. The lowest BCUT2D eigenvalue weighted by atomic mass is 9.80. The Hall–Kier alpha value is -0.770. The highest BCUT2D eigenvalue weighted by Gasteiger charge is 2.32. The second-order valence-electron chi connectivity index (χ2n) is 6.04. The van der Waals surface area contributed by atoms with Gasteiger partial charge in [0.05, 0.1) is 0 Å². The van der Waals surface area contributed by atoms with Crippen molar-refractivity contribution in [2.75, 3.05) is 19.6 Å². The molecule has 3 N–H and O–H groups in total. The van der Waals surface area contributed by atoms with Gasteiger partial charge in [0.2, 0.25) is 0 Å². The second-order valence-corrected chi connectivity index (χ2v) is 6.04. The summed E-state index contributed by atoms with van der Waals surface area (Å²) >= 11 is 0. The first-order valence-electron chi connectivity index (χ1n) is 6.04. The molecule has 0 saturated carbocycles. The van der Waals surface area contributed by atoms with E-state index >= 15 is 0 Å². The van der Waals surface area contributed by atoms with Crippen LogP contribution in [0, 0.1) is 17.3 Å². The maximum absolute atomic E-state index is 8.60. The molecule has 1 heterocycles. The molecule has 1 fully saturated rings. The zero-order valence-corrected chi connectivity index (χ0v) is 10.9. The molecule has 1 aliphatic rings. The van der Waals surface area contributed by atoms with E-state index in [0.29, 0.717) is 11.3 Å². The molecule has 0 radical (unpaired) electrons. The summed E-state index contributed by atoms with van der Waals surface area (Å²) in [5, 5.41) is 11.7. The van der Waals surface area contributed by atoms with Crippen molar-refractivity contribution in [2.45, 2.75) is 34.1 Å². The summed E-state index contributed by atoms with van der Waals surface area (Å²) in [4.78, 5) is 2.42. The van der Waals surface area contributed by atoms with E-state index in [1.54, 1.807) is 0 Å². The van der Waals surface area contributed by atoms with Crippen LogP contribution < -0.4 is 5.73 Å². The number of nitrogens with two attached hydrogens (primary N) is 1. The summed E-state index contributed by atoms with van der Waals surface area (Å²) in [6.07, 6.45) is 1.26. The monoisotopic (exact) mass is 227 g/mol. The topological polar surface area (TPSA) is 61.8 Å². The maximum atomic E-state index is 8.60. The van der Waals surface area contributed by atoms with E-state index in [2.05, 4.69) is 30.8 Å². The fourth-order valence-electron chi connectivity index (χ4n) is 2.28. The molecule has 1 rings (SSSR count). The number of rotatable bonds is 3. The first-order chi connectivity index (χ1) is 7.34. The molecule has 0 aromatic carbocycles. The second kappa shape index (κ2) is 5.04. The first kappa shape index (κ1) is 13.3. The van der Waals surface area contributed by atoms with Crippen LogP contribution in [0.5, 0.6) is 0 Å². The van der Waals surface area contributed by atoms with Crippen LogP contribution in [0.3, 0.4) is 0 Å². The smallest absolute Gasteiger partial charge is 0.143 e. The zero-order valence-electron chi connectivity index (χ0n) is 10.9. The van der Waals surface area contributed by atoms with Gasteiger partial charge in [-0.15, -0.1) is 0 Å². The van der Waals surface area contributed by atoms with Crippen LogP contribution in [0.15, 0.2) is 5.16 Å². The van der Waals surface area contributed by atoms with Crippen molar-refractivity contribution < 1.29 is 5.21 Å². The first-order valence-corrected chi connectivity index (χ1v) is 6.04. The molecule has 94 valence electrons. The van der Waals surface area contributed by atoms with Gasteiger partial charge >= 0.3 is 0 Å². The van der Waals surface area contributed by atoms with Crippen molar-refractivity contribution in [3.05, 3.63) is 0 Å². The summed E-state index contributed by atoms with van der Waals surface area (Å²) < 4.78 is 0. The van der Waals surface area contributed by atoms with Crippen molar-refractivity contribution in [1.29, 1.82) is 0 Å². The van der Waals surface area contributed by atoms with E-state index in [4.69, 9.17) is 10.9 Å². The van der Waals surface area contributed by atoms with E-state index in [-0.39, 0.29) is 5.92 Å². The molecule has 4 heteroatoms. The standard InChI is InChI=1S/C12H25N3O/c1-9(11(13)14-16)7-15-6-5-10(8-15)12(2,3)4/h9-10,16H,5-8H2,1-4H3,(H2,13,14). The summed E-state index contributed by atoms with van der Waals surface area (Å²) in [5.41, 5.74) is 5.97. The van der Waals surface area contributed by atoms with Gasteiger partial charge in [-0.1, -0.05) is 32.9 Å². The molecule has 0 aromatic rings. The Morgan fingerprint density at radius 2 is 2.19 bits per heavy atom.